The molecule has 0 aromatic rings. The number of carbonyl (C=O) groups is 4. The summed E-state index contributed by atoms with van der Waals surface area (Å²) in [4.78, 5) is 50.2. The Morgan fingerprint density at radius 3 is 2.29 bits per heavy atom. The Kier molecular flexibility index (Phi) is 8.83. The second-order valence-corrected chi connectivity index (χ2v) is 7.40. The van der Waals surface area contributed by atoms with E-state index >= 15 is 0 Å². The average molecular weight is 400 g/mol. The molecule has 6 atom stereocenters. The van der Waals surface area contributed by atoms with Crippen molar-refractivity contribution in [2.75, 3.05) is 6.54 Å². The molecule has 10 nitrogen and oxygen atoms in total. The largest absolute Gasteiger partial charge is 0.480 e. The highest BCUT2D eigenvalue weighted by Gasteiger charge is 2.40. The van der Waals surface area contributed by atoms with E-state index in [1.54, 1.807) is 6.92 Å². The Hall–Kier alpha value is -2.20. The van der Waals surface area contributed by atoms with Crippen molar-refractivity contribution in [3.05, 3.63) is 0 Å². The van der Waals surface area contributed by atoms with Gasteiger partial charge in [0.15, 0.2) is 0 Å². The maximum absolute atomic E-state index is 13.1. The van der Waals surface area contributed by atoms with Crippen LogP contribution in [0.25, 0.3) is 0 Å². The van der Waals surface area contributed by atoms with Crippen molar-refractivity contribution in [1.82, 2.24) is 15.5 Å². The van der Waals surface area contributed by atoms with Crippen LogP contribution in [0.3, 0.4) is 0 Å². The monoisotopic (exact) mass is 400 g/mol. The maximum Gasteiger partial charge on any atom is 0.325 e. The van der Waals surface area contributed by atoms with Crippen LogP contribution in [-0.2, 0) is 19.2 Å². The Labute approximate surface area is 164 Å². The number of carboxylic acids is 1. The summed E-state index contributed by atoms with van der Waals surface area (Å²) >= 11 is 0. The summed E-state index contributed by atoms with van der Waals surface area (Å²) in [5.74, 6) is -2.98. The first kappa shape index (κ1) is 23.8. The fourth-order valence-corrected chi connectivity index (χ4v) is 3.00. The molecule has 0 saturated carbocycles. The Balaban J connectivity index is 2.95. The lowest BCUT2D eigenvalue weighted by Gasteiger charge is -2.32. The quantitative estimate of drug-likeness (QED) is 0.325. The van der Waals surface area contributed by atoms with Crippen LogP contribution in [0.4, 0.5) is 0 Å². The van der Waals surface area contributed by atoms with Crippen LogP contribution in [0.15, 0.2) is 0 Å². The first-order chi connectivity index (χ1) is 13.0. The average Bonchev–Trinajstić information content (AvgIpc) is 3.13. The van der Waals surface area contributed by atoms with Gasteiger partial charge in [0.2, 0.25) is 17.7 Å². The normalized spacial score (nSPS) is 21.9. The molecule has 1 fully saturated rings. The van der Waals surface area contributed by atoms with E-state index in [0.717, 1.165) is 0 Å². The molecule has 0 radical (unpaired) electrons. The first-order valence-corrected chi connectivity index (χ1v) is 9.58. The lowest BCUT2D eigenvalue weighted by atomic mass is 9.96. The molecule has 160 valence electrons. The van der Waals surface area contributed by atoms with Gasteiger partial charge in [-0.2, -0.15) is 0 Å². The van der Waals surface area contributed by atoms with Crippen LogP contribution in [0.2, 0.25) is 0 Å². The van der Waals surface area contributed by atoms with Gasteiger partial charge in [-0.05, 0) is 32.6 Å². The maximum atomic E-state index is 13.1. The Bertz CT molecular complexity index is 597. The molecule has 1 aliphatic heterocycles. The van der Waals surface area contributed by atoms with E-state index < -0.39 is 54.0 Å². The molecule has 1 saturated heterocycles. The van der Waals surface area contributed by atoms with Crippen LogP contribution < -0.4 is 16.4 Å². The summed E-state index contributed by atoms with van der Waals surface area (Å²) in [7, 11) is 0. The third-order valence-corrected chi connectivity index (χ3v) is 5.17. The molecule has 6 N–H and O–H groups in total. The SMILES string of the molecule is CCC(C)C(NC(=O)C(N)C(C)O)C(=O)N1CCCC1C(=O)NC(C)C(=O)O. The molecular formula is C18H32N4O6. The van der Waals surface area contributed by atoms with Gasteiger partial charge in [-0.1, -0.05) is 20.3 Å². The van der Waals surface area contributed by atoms with Crippen LogP contribution >= 0.6 is 0 Å². The lowest BCUT2D eigenvalue weighted by Crippen LogP contribution is -2.59. The van der Waals surface area contributed by atoms with Gasteiger partial charge in [-0.25, -0.2) is 0 Å². The van der Waals surface area contributed by atoms with Gasteiger partial charge in [0.1, 0.15) is 24.2 Å². The molecule has 0 bridgehead atoms. The number of carbonyl (C=O) groups excluding carboxylic acids is 3. The van der Waals surface area contributed by atoms with E-state index in [2.05, 4.69) is 10.6 Å². The minimum Gasteiger partial charge on any atom is -0.480 e. The van der Waals surface area contributed by atoms with Gasteiger partial charge in [-0.15, -0.1) is 0 Å². The number of aliphatic carboxylic acids is 1. The van der Waals surface area contributed by atoms with Crippen LogP contribution in [-0.4, -0.2) is 75.6 Å². The van der Waals surface area contributed by atoms with Gasteiger partial charge in [-0.3, -0.25) is 19.2 Å². The second-order valence-electron chi connectivity index (χ2n) is 7.40. The van der Waals surface area contributed by atoms with Crippen molar-refractivity contribution < 1.29 is 29.4 Å². The lowest BCUT2D eigenvalue weighted by molar-refractivity contribution is -0.145. The zero-order valence-corrected chi connectivity index (χ0v) is 16.8. The van der Waals surface area contributed by atoms with Crippen LogP contribution in [0, 0.1) is 5.92 Å². The van der Waals surface area contributed by atoms with E-state index in [-0.39, 0.29) is 5.92 Å². The van der Waals surface area contributed by atoms with Crippen LogP contribution in [0.1, 0.15) is 47.0 Å². The first-order valence-electron chi connectivity index (χ1n) is 9.58. The third kappa shape index (κ3) is 5.90. The van der Waals surface area contributed by atoms with Crippen molar-refractivity contribution >= 4 is 23.7 Å². The summed E-state index contributed by atoms with van der Waals surface area (Å²) in [5, 5.41) is 23.5. The number of amides is 3. The van der Waals surface area contributed by atoms with E-state index in [1.165, 1.54) is 18.7 Å². The van der Waals surface area contributed by atoms with Gasteiger partial charge < -0.3 is 31.5 Å². The van der Waals surface area contributed by atoms with E-state index in [1.807, 2.05) is 6.92 Å². The summed E-state index contributed by atoms with van der Waals surface area (Å²) < 4.78 is 0. The van der Waals surface area contributed by atoms with Gasteiger partial charge in [0.25, 0.3) is 0 Å². The predicted molar refractivity (Wildman–Crippen MR) is 101 cm³/mol. The van der Waals surface area contributed by atoms with Crippen molar-refractivity contribution in [3.63, 3.8) is 0 Å². The third-order valence-electron chi connectivity index (χ3n) is 5.17. The highest BCUT2D eigenvalue weighted by molar-refractivity contribution is 5.94. The van der Waals surface area contributed by atoms with Crippen molar-refractivity contribution in [2.45, 2.75) is 77.2 Å². The second kappa shape index (κ2) is 10.4. The van der Waals surface area contributed by atoms with Gasteiger partial charge in [0.05, 0.1) is 6.10 Å². The molecule has 1 heterocycles. The molecule has 0 aromatic heterocycles. The summed E-state index contributed by atoms with van der Waals surface area (Å²) in [6.07, 6.45) is 0.537. The number of hydrogen-bond acceptors (Lipinski definition) is 6. The predicted octanol–water partition coefficient (Wildman–Crippen LogP) is -1.19. The number of aliphatic hydroxyl groups is 1. The van der Waals surface area contributed by atoms with Gasteiger partial charge in [0, 0.05) is 6.54 Å². The molecule has 1 rings (SSSR count). The minimum absolute atomic E-state index is 0.222. The number of nitrogens with one attached hydrogen (secondary N) is 2. The summed E-state index contributed by atoms with van der Waals surface area (Å²) in [6, 6.07) is -3.93. The molecule has 28 heavy (non-hydrogen) atoms. The zero-order valence-electron chi connectivity index (χ0n) is 16.8. The topological polar surface area (TPSA) is 162 Å². The number of aliphatic hydroxyl groups excluding tert-OH is 1. The molecule has 0 aliphatic carbocycles. The zero-order chi connectivity index (χ0) is 21.6. The van der Waals surface area contributed by atoms with E-state index in [4.69, 9.17) is 10.8 Å². The van der Waals surface area contributed by atoms with Crippen LogP contribution in [0.5, 0.6) is 0 Å². The van der Waals surface area contributed by atoms with Crippen molar-refractivity contribution in [3.8, 4) is 0 Å². The number of rotatable bonds is 9. The van der Waals surface area contributed by atoms with E-state index in [0.29, 0.717) is 25.8 Å². The molecule has 0 aromatic carbocycles. The number of nitrogens with two attached hydrogens (primary N) is 1. The van der Waals surface area contributed by atoms with Crippen molar-refractivity contribution in [2.24, 2.45) is 11.7 Å². The smallest absolute Gasteiger partial charge is 0.325 e. The fourth-order valence-electron chi connectivity index (χ4n) is 3.00. The van der Waals surface area contributed by atoms with E-state index in [9.17, 15) is 24.3 Å². The fraction of sp³-hybridized carbons (Fsp3) is 0.778. The molecule has 10 heteroatoms. The number of hydrogen-bond donors (Lipinski definition) is 5. The molecule has 3 amide bonds. The Morgan fingerprint density at radius 2 is 1.79 bits per heavy atom. The minimum atomic E-state index is -1.17. The molecular weight excluding hydrogens is 368 g/mol. The summed E-state index contributed by atoms with van der Waals surface area (Å²) in [6.45, 7) is 6.74. The highest BCUT2D eigenvalue weighted by atomic mass is 16.4. The number of carboxylic acid groups (broad SMARTS) is 1. The molecule has 1 aliphatic rings. The van der Waals surface area contributed by atoms with Gasteiger partial charge >= 0.3 is 5.97 Å². The summed E-state index contributed by atoms with van der Waals surface area (Å²) in [5.41, 5.74) is 5.66. The standard InChI is InChI=1S/C18H32N4O6/c1-5-9(2)14(21-16(25)13(19)11(4)23)17(26)22-8-6-7-12(22)15(24)20-10(3)18(27)28/h9-14,23H,5-8,19H2,1-4H3,(H,20,24)(H,21,25)(H,27,28). The Morgan fingerprint density at radius 1 is 1.18 bits per heavy atom. The molecule has 0 spiro atoms. The molecule has 6 unspecified atom stereocenters. The van der Waals surface area contributed by atoms with Crippen molar-refractivity contribution in [1.29, 1.82) is 0 Å². The number of likely N-dealkylation sites (tertiary alicyclic amines) is 1. The number of nitrogens with zero attached hydrogens (tertiary/aromatic N) is 1. The highest BCUT2D eigenvalue weighted by Crippen LogP contribution is 2.21.